The molecule has 2 heterocycles. The van der Waals surface area contributed by atoms with Crippen molar-refractivity contribution < 1.29 is 9.13 Å². The number of allylic oxidation sites excluding steroid dienone is 3. The van der Waals surface area contributed by atoms with Crippen LogP contribution < -0.4 is 4.74 Å². The highest BCUT2D eigenvalue weighted by molar-refractivity contribution is 5.68. The van der Waals surface area contributed by atoms with E-state index in [1.807, 2.05) is 36.7 Å². The number of halogens is 1. The monoisotopic (exact) mass is 350 g/mol. The Morgan fingerprint density at radius 3 is 2.96 bits per heavy atom. The van der Waals surface area contributed by atoms with Crippen molar-refractivity contribution in [1.82, 2.24) is 14.4 Å². The van der Waals surface area contributed by atoms with E-state index in [1.165, 1.54) is 12.1 Å². The van der Waals surface area contributed by atoms with Gasteiger partial charge in [0.2, 0.25) is 5.78 Å². The summed E-state index contributed by atoms with van der Waals surface area (Å²) in [6.07, 6.45) is 9.17. The minimum absolute atomic E-state index is 0.240. The first-order valence-corrected chi connectivity index (χ1v) is 8.09. The van der Waals surface area contributed by atoms with Gasteiger partial charge in [0.1, 0.15) is 18.2 Å². The molecule has 132 valence electrons. The zero-order chi connectivity index (χ0) is 18.5. The van der Waals surface area contributed by atoms with Crippen LogP contribution in [0, 0.1) is 5.82 Å². The van der Waals surface area contributed by atoms with Gasteiger partial charge in [-0.3, -0.25) is 9.39 Å². The van der Waals surface area contributed by atoms with Crippen LogP contribution in [-0.2, 0) is 6.61 Å². The molecule has 3 rings (SSSR count). The van der Waals surface area contributed by atoms with E-state index in [4.69, 9.17) is 4.74 Å². The van der Waals surface area contributed by atoms with E-state index >= 15 is 0 Å². The Morgan fingerprint density at radius 2 is 2.19 bits per heavy atom. The van der Waals surface area contributed by atoms with E-state index in [1.54, 1.807) is 24.5 Å². The van der Waals surface area contributed by atoms with Crippen LogP contribution in [0.25, 0.3) is 11.4 Å². The fourth-order valence-electron chi connectivity index (χ4n) is 2.43. The van der Waals surface area contributed by atoms with Crippen molar-refractivity contribution in [2.45, 2.75) is 20.5 Å². The highest BCUT2D eigenvalue weighted by Crippen LogP contribution is 2.19. The van der Waals surface area contributed by atoms with Gasteiger partial charge >= 0.3 is 0 Å². The van der Waals surface area contributed by atoms with E-state index in [2.05, 4.69) is 21.7 Å². The molecular weight excluding hydrogens is 331 g/mol. The van der Waals surface area contributed by atoms with E-state index < -0.39 is 0 Å². The van der Waals surface area contributed by atoms with Crippen LogP contribution in [0.5, 0.6) is 5.75 Å². The van der Waals surface area contributed by atoms with E-state index in [0.717, 1.165) is 16.7 Å². The lowest BCUT2D eigenvalue weighted by Crippen LogP contribution is -1.95. The molecule has 0 aliphatic heterocycles. The quantitative estimate of drug-likeness (QED) is 0.487. The van der Waals surface area contributed by atoms with Gasteiger partial charge in [-0.1, -0.05) is 6.07 Å². The predicted octanol–water partition coefficient (Wildman–Crippen LogP) is 4.46. The molecular formula is C20H19FN4O. The van der Waals surface area contributed by atoms with Crippen molar-refractivity contribution >= 4 is 18.1 Å². The summed E-state index contributed by atoms with van der Waals surface area (Å²) in [6.45, 7) is 7.71. The molecule has 3 aromatic rings. The van der Waals surface area contributed by atoms with Gasteiger partial charge < -0.3 is 4.74 Å². The Morgan fingerprint density at radius 1 is 1.35 bits per heavy atom. The second-order valence-electron chi connectivity index (χ2n) is 5.83. The lowest BCUT2D eigenvalue weighted by atomic mass is 10.1. The van der Waals surface area contributed by atoms with Crippen LogP contribution >= 0.6 is 0 Å². The standard InChI is InChI=1S/C20H19FN4O/c1-14(7-8-22-3)15(2)16-10-23-20-24-18(12-25(20)11-16)13-26-19-6-4-5-17(21)9-19/h4-12H,3,13H2,1-2H3/b8-7-,15-14+. The van der Waals surface area contributed by atoms with Crippen LogP contribution in [-0.4, -0.2) is 21.1 Å². The lowest BCUT2D eigenvalue weighted by molar-refractivity contribution is 0.300. The molecule has 6 heteroatoms. The molecule has 0 amide bonds. The normalized spacial score (nSPS) is 12.4. The average molecular weight is 350 g/mol. The maximum Gasteiger partial charge on any atom is 0.234 e. The first-order valence-electron chi connectivity index (χ1n) is 8.09. The van der Waals surface area contributed by atoms with Crippen LogP contribution in [0.15, 0.2) is 65.7 Å². The van der Waals surface area contributed by atoms with Crippen molar-refractivity contribution in [3.05, 3.63) is 77.8 Å². The molecule has 0 unspecified atom stereocenters. The number of ether oxygens (including phenoxy) is 1. The second kappa shape index (κ2) is 7.74. The van der Waals surface area contributed by atoms with Gasteiger partial charge in [-0.25, -0.2) is 14.4 Å². The number of aromatic nitrogens is 3. The minimum atomic E-state index is -0.331. The summed E-state index contributed by atoms with van der Waals surface area (Å²) in [5.74, 6) is 0.718. The Labute approximate surface area is 151 Å². The first-order chi connectivity index (χ1) is 12.6. The molecule has 0 radical (unpaired) electrons. The number of nitrogens with zero attached hydrogens (tertiary/aromatic N) is 4. The van der Waals surface area contributed by atoms with Gasteiger partial charge in [-0.15, -0.1) is 0 Å². The third-order valence-electron chi connectivity index (χ3n) is 4.00. The fraction of sp³-hybridized carbons (Fsp3) is 0.150. The van der Waals surface area contributed by atoms with Gasteiger partial charge in [0.05, 0.1) is 5.69 Å². The minimum Gasteiger partial charge on any atom is -0.487 e. The summed E-state index contributed by atoms with van der Waals surface area (Å²) < 4.78 is 20.6. The Kier molecular flexibility index (Phi) is 5.22. The summed E-state index contributed by atoms with van der Waals surface area (Å²) in [7, 11) is 0. The van der Waals surface area contributed by atoms with Crippen molar-refractivity contribution in [2.75, 3.05) is 0 Å². The zero-order valence-electron chi connectivity index (χ0n) is 14.7. The molecule has 0 bridgehead atoms. The Balaban J connectivity index is 1.81. The molecule has 0 aliphatic rings. The summed E-state index contributed by atoms with van der Waals surface area (Å²) in [5, 5.41) is 0. The highest BCUT2D eigenvalue weighted by atomic mass is 19.1. The largest absolute Gasteiger partial charge is 0.487 e. The van der Waals surface area contributed by atoms with Gasteiger partial charge in [-0.05, 0) is 49.9 Å². The third kappa shape index (κ3) is 4.03. The van der Waals surface area contributed by atoms with Crippen LogP contribution in [0.4, 0.5) is 4.39 Å². The molecule has 2 aromatic heterocycles. The number of aliphatic imine (C=N–C) groups is 1. The highest BCUT2D eigenvalue weighted by Gasteiger charge is 2.07. The van der Waals surface area contributed by atoms with Gasteiger partial charge in [-0.2, -0.15) is 0 Å². The summed E-state index contributed by atoms with van der Waals surface area (Å²) in [4.78, 5) is 12.5. The van der Waals surface area contributed by atoms with E-state index in [9.17, 15) is 4.39 Å². The first kappa shape index (κ1) is 17.5. The summed E-state index contributed by atoms with van der Waals surface area (Å²) in [5.41, 5.74) is 3.87. The lowest BCUT2D eigenvalue weighted by Gasteiger charge is -2.04. The predicted molar refractivity (Wildman–Crippen MR) is 101 cm³/mol. The molecule has 0 saturated carbocycles. The summed E-state index contributed by atoms with van der Waals surface area (Å²) in [6, 6.07) is 6.03. The molecule has 26 heavy (non-hydrogen) atoms. The number of hydrogen-bond donors (Lipinski definition) is 0. The van der Waals surface area contributed by atoms with E-state index in [0.29, 0.717) is 17.2 Å². The number of imidazole rings is 1. The summed E-state index contributed by atoms with van der Waals surface area (Å²) >= 11 is 0. The zero-order valence-corrected chi connectivity index (χ0v) is 14.7. The van der Waals surface area contributed by atoms with Gasteiger partial charge in [0.15, 0.2) is 0 Å². The molecule has 0 aliphatic carbocycles. The van der Waals surface area contributed by atoms with Crippen molar-refractivity contribution in [2.24, 2.45) is 4.99 Å². The molecule has 0 fully saturated rings. The van der Waals surface area contributed by atoms with Crippen molar-refractivity contribution in [3.63, 3.8) is 0 Å². The van der Waals surface area contributed by atoms with Crippen molar-refractivity contribution in [1.29, 1.82) is 0 Å². The smallest absolute Gasteiger partial charge is 0.234 e. The van der Waals surface area contributed by atoms with E-state index in [-0.39, 0.29) is 12.4 Å². The molecule has 1 aromatic carbocycles. The number of rotatable bonds is 6. The van der Waals surface area contributed by atoms with Crippen LogP contribution in [0.1, 0.15) is 25.1 Å². The number of fused-ring (bicyclic) bond motifs is 1. The van der Waals surface area contributed by atoms with Gasteiger partial charge in [0.25, 0.3) is 0 Å². The van der Waals surface area contributed by atoms with Crippen molar-refractivity contribution in [3.8, 4) is 5.75 Å². The number of hydrogen-bond acceptors (Lipinski definition) is 4. The molecule has 5 nitrogen and oxygen atoms in total. The number of benzene rings is 1. The Bertz CT molecular complexity index is 1000. The maximum absolute atomic E-state index is 13.2. The fourth-order valence-corrected chi connectivity index (χ4v) is 2.43. The average Bonchev–Trinajstić information content (AvgIpc) is 3.06. The molecule has 0 atom stereocenters. The second-order valence-corrected chi connectivity index (χ2v) is 5.83. The molecule has 0 N–H and O–H groups in total. The maximum atomic E-state index is 13.2. The molecule has 0 saturated heterocycles. The van der Waals surface area contributed by atoms with Gasteiger partial charge in [0, 0.05) is 36.4 Å². The SMILES string of the molecule is C=N/C=C\C(C)=C(/C)c1cnc2nc(COc3cccc(F)c3)cn2c1. The third-order valence-corrected chi connectivity index (χ3v) is 4.00. The van der Waals surface area contributed by atoms with Crippen LogP contribution in [0.3, 0.4) is 0 Å². The topological polar surface area (TPSA) is 51.8 Å². The Hall–Kier alpha value is -3.28. The molecule has 0 spiro atoms. The van der Waals surface area contributed by atoms with Crippen LogP contribution in [0.2, 0.25) is 0 Å².